The van der Waals surface area contributed by atoms with Gasteiger partial charge >= 0.3 is 5.97 Å². The Balaban J connectivity index is 1.68. The lowest BCUT2D eigenvalue weighted by Gasteiger charge is -2.26. The summed E-state index contributed by atoms with van der Waals surface area (Å²) in [6, 6.07) is 14.5. The Morgan fingerprint density at radius 2 is 1.91 bits per heavy atom. The number of halogens is 1. The summed E-state index contributed by atoms with van der Waals surface area (Å²) in [5.74, 6) is -0.342. The lowest BCUT2D eigenvalue weighted by atomic mass is 9.81. The largest absolute Gasteiger partial charge is 0.478 e. The van der Waals surface area contributed by atoms with Crippen LogP contribution in [0.4, 0.5) is 5.69 Å². The van der Waals surface area contributed by atoms with Gasteiger partial charge in [0, 0.05) is 55.4 Å². The normalized spacial score (nSPS) is 16.6. The molecule has 3 aromatic rings. The Bertz CT molecular complexity index is 1160. The van der Waals surface area contributed by atoms with Crippen LogP contribution in [-0.4, -0.2) is 46.7 Å². The van der Waals surface area contributed by atoms with Crippen LogP contribution in [0.1, 0.15) is 60.4 Å². The van der Waals surface area contributed by atoms with E-state index in [1.807, 2.05) is 13.1 Å². The average Bonchev–Trinajstić information content (AvgIpc) is 3.05. The second kappa shape index (κ2) is 9.40. The third-order valence-electron chi connectivity index (χ3n) is 7.35. The summed E-state index contributed by atoms with van der Waals surface area (Å²) in [4.78, 5) is 14.3. The summed E-state index contributed by atoms with van der Waals surface area (Å²) in [6.45, 7) is 3.51. The van der Waals surface area contributed by atoms with Gasteiger partial charge in [-0.05, 0) is 60.7 Å². The average molecular weight is 466 g/mol. The lowest BCUT2D eigenvalue weighted by molar-refractivity contribution is 0.0697. The zero-order valence-corrected chi connectivity index (χ0v) is 20.0. The summed E-state index contributed by atoms with van der Waals surface area (Å²) in [6.07, 6.45) is 7.25. The van der Waals surface area contributed by atoms with Gasteiger partial charge in [0.1, 0.15) is 0 Å². The molecule has 1 aliphatic heterocycles. The Morgan fingerprint density at radius 1 is 1.12 bits per heavy atom. The number of fused-ring (bicyclic) bond motifs is 5. The number of nitrogens with zero attached hydrogens (tertiary/aromatic N) is 3. The van der Waals surface area contributed by atoms with Crippen LogP contribution < -0.4 is 4.90 Å². The van der Waals surface area contributed by atoms with Gasteiger partial charge in [0.2, 0.25) is 0 Å². The molecule has 174 valence electrons. The molecular weight excluding hydrogens is 434 g/mol. The van der Waals surface area contributed by atoms with E-state index in [9.17, 15) is 9.90 Å². The van der Waals surface area contributed by atoms with E-state index in [0.29, 0.717) is 11.5 Å². The van der Waals surface area contributed by atoms with E-state index < -0.39 is 5.97 Å². The third-order valence-corrected chi connectivity index (χ3v) is 7.52. The van der Waals surface area contributed by atoms with Crippen LogP contribution in [0.25, 0.3) is 22.2 Å². The number of benzene rings is 2. The number of aromatic nitrogens is 1. The van der Waals surface area contributed by atoms with Crippen LogP contribution in [0.5, 0.6) is 0 Å². The number of carboxylic acids is 1. The molecule has 1 aromatic heterocycles. The molecule has 0 spiro atoms. The smallest absolute Gasteiger partial charge is 0.335 e. The molecule has 0 atom stereocenters. The van der Waals surface area contributed by atoms with Gasteiger partial charge in [-0.25, -0.2) is 9.21 Å². The van der Waals surface area contributed by atoms with Crippen molar-refractivity contribution in [3.05, 3.63) is 53.6 Å². The zero-order chi connectivity index (χ0) is 22.9. The summed E-state index contributed by atoms with van der Waals surface area (Å²) < 4.78 is 4.12. The predicted molar refractivity (Wildman–Crippen MR) is 135 cm³/mol. The SMILES string of the molecule is CN(Cl)CCCN1CCn2c(c(C3CCCCC3)c3ccc(C(=O)O)cc32)-c2ccccc21. The minimum Gasteiger partial charge on any atom is -0.478 e. The first-order chi connectivity index (χ1) is 16.0. The third kappa shape index (κ3) is 4.24. The predicted octanol–water partition coefficient (Wildman–Crippen LogP) is 6.35. The maximum Gasteiger partial charge on any atom is 0.335 e. The fourth-order valence-electron chi connectivity index (χ4n) is 5.84. The molecule has 2 aromatic carbocycles. The van der Waals surface area contributed by atoms with Gasteiger partial charge in [-0.3, -0.25) is 0 Å². The number of carboxylic acid groups (broad SMARTS) is 1. The van der Waals surface area contributed by atoms with Crippen molar-refractivity contribution in [3.8, 4) is 11.3 Å². The van der Waals surface area contributed by atoms with Crippen LogP contribution in [0.15, 0.2) is 42.5 Å². The maximum absolute atomic E-state index is 11.8. The molecule has 0 bridgehead atoms. The molecule has 2 heterocycles. The van der Waals surface area contributed by atoms with Crippen LogP contribution in [0, 0.1) is 0 Å². The van der Waals surface area contributed by atoms with E-state index in [2.05, 4.69) is 39.8 Å². The second-order valence-electron chi connectivity index (χ2n) is 9.47. The molecule has 1 N–H and O–H groups in total. The van der Waals surface area contributed by atoms with Crippen molar-refractivity contribution >= 4 is 34.3 Å². The van der Waals surface area contributed by atoms with Crippen molar-refractivity contribution in [1.29, 1.82) is 0 Å². The Hall–Kier alpha value is -2.50. The molecular formula is C27H32ClN3O2. The minimum absolute atomic E-state index is 0.359. The number of hydrogen-bond acceptors (Lipinski definition) is 3. The monoisotopic (exact) mass is 465 g/mol. The molecule has 0 unspecified atom stereocenters. The highest BCUT2D eigenvalue weighted by molar-refractivity contribution is 6.13. The number of aromatic carboxylic acids is 1. The zero-order valence-electron chi connectivity index (χ0n) is 19.3. The van der Waals surface area contributed by atoms with E-state index in [1.54, 1.807) is 10.5 Å². The molecule has 1 fully saturated rings. The first kappa shape index (κ1) is 22.3. The molecule has 1 aliphatic carbocycles. The minimum atomic E-state index is -0.868. The summed E-state index contributed by atoms with van der Waals surface area (Å²) >= 11 is 6.06. The first-order valence-corrected chi connectivity index (χ1v) is 12.5. The van der Waals surface area contributed by atoms with Gasteiger partial charge in [-0.1, -0.05) is 43.5 Å². The molecule has 5 rings (SSSR count). The van der Waals surface area contributed by atoms with Crippen LogP contribution in [-0.2, 0) is 6.54 Å². The van der Waals surface area contributed by atoms with Crippen molar-refractivity contribution in [3.63, 3.8) is 0 Å². The highest BCUT2D eigenvalue weighted by atomic mass is 35.5. The van der Waals surface area contributed by atoms with E-state index in [4.69, 9.17) is 11.8 Å². The van der Waals surface area contributed by atoms with Crippen LogP contribution in [0.2, 0.25) is 0 Å². The summed E-state index contributed by atoms with van der Waals surface area (Å²) in [5.41, 5.74) is 6.68. The fourth-order valence-corrected chi connectivity index (χ4v) is 5.96. The molecule has 33 heavy (non-hydrogen) atoms. The van der Waals surface area contributed by atoms with Gasteiger partial charge in [0.15, 0.2) is 0 Å². The standard InChI is InChI=1S/C27H32ClN3O2/c1-29(28)14-7-15-30-16-17-31-24-18-20(27(32)33)12-13-21(24)25(19-8-3-2-4-9-19)26(31)22-10-5-6-11-23(22)30/h5-6,10-13,18-19H,2-4,7-9,14-17H2,1H3,(H,32,33). The fraction of sp³-hybridized carbons (Fsp3) is 0.444. The van der Waals surface area contributed by atoms with Gasteiger partial charge in [0.25, 0.3) is 0 Å². The van der Waals surface area contributed by atoms with Gasteiger partial charge < -0.3 is 14.6 Å². The molecule has 1 saturated carbocycles. The summed E-state index contributed by atoms with van der Waals surface area (Å²) in [7, 11) is 1.90. The number of para-hydroxylation sites is 1. The Labute approximate surface area is 200 Å². The highest BCUT2D eigenvalue weighted by Gasteiger charge is 2.30. The van der Waals surface area contributed by atoms with Crippen molar-refractivity contribution in [2.75, 3.05) is 31.6 Å². The molecule has 5 nitrogen and oxygen atoms in total. The van der Waals surface area contributed by atoms with Crippen LogP contribution in [0.3, 0.4) is 0 Å². The Kier molecular flexibility index (Phi) is 6.35. The van der Waals surface area contributed by atoms with Crippen molar-refractivity contribution in [1.82, 2.24) is 8.99 Å². The molecule has 0 saturated heterocycles. The van der Waals surface area contributed by atoms with E-state index >= 15 is 0 Å². The van der Waals surface area contributed by atoms with Crippen LogP contribution >= 0.6 is 11.8 Å². The van der Waals surface area contributed by atoms with E-state index in [0.717, 1.165) is 38.1 Å². The van der Waals surface area contributed by atoms with Crippen molar-refractivity contribution in [2.45, 2.75) is 51.0 Å². The lowest BCUT2D eigenvalue weighted by Crippen LogP contribution is -2.28. The van der Waals surface area contributed by atoms with E-state index in [1.165, 1.54) is 60.0 Å². The number of hydrogen-bond donors (Lipinski definition) is 1. The molecule has 2 aliphatic rings. The Morgan fingerprint density at radius 3 is 2.67 bits per heavy atom. The van der Waals surface area contributed by atoms with Crippen molar-refractivity contribution in [2.24, 2.45) is 0 Å². The number of rotatable bonds is 6. The topological polar surface area (TPSA) is 48.7 Å². The van der Waals surface area contributed by atoms with Gasteiger partial charge in [0.05, 0.1) is 11.3 Å². The highest BCUT2D eigenvalue weighted by Crippen LogP contribution is 2.47. The van der Waals surface area contributed by atoms with Crippen molar-refractivity contribution < 1.29 is 9.90 Å². The first-order valence-electron chi connectivity index (χ1n) is 12.2. The summed E-state index contributed by atoms with van der Waals surface area (Å²) in [5, 5.41) is 10.9. The maximum atomic E-state index is 11.8. The quantitative estimate of drug-likeness (QED) is 0.431. The second-order valence-corrected chi connectivity index (χ2v) is 10.0. The number of anilines is 1. The van der Waals surface area contributed by atoms with Gasteiger partial charge in [-0.15, -0.1) is 0 Å². The van der Waals surface area contributed by atoms with E-state index in [-0.39, 0.29) is 0 Å². The molecule has 0 amide bonds. The molecule has 6 heteroatoms. The number of carbonyl (C=O) groups is 1. The molecule has 0 radical (unpaired) electrons. The van der Waals surface area contributed by atoms with Gasteiger partial charge in [-0.2, -0.15) is 0 Å².